The molecule has 0 bridgehead atoms. The van der Waals surface area contributed by atoms with Crippen molar-refractivity contribution in [1.29, 1.82) is 0 Å². The lowest BCUT2D eigenvalue weighted by atomic mass is 10.1. The summed E-state index contributed by atoms with van der Waals surface area (Å²) in [5.41, 5.74) is 0.252. The maximum atomic E-state index is 13.3. The van der Waals surface area contributed by atoms with E-state index in [1.807, 2.05) is 0 Å². The second-order valence-electron chi connectivity index (χ2n) is 11.3. The van der Waals surface area contributed by atoms with Crippen molar-refractivity contribution in [1.82, 2.24) is 0 Å². The van der Waals surface area contributed by atoms with Crippen molar-refractivity contribution in [2.75, 3.05) is 40.6 Å². The van der Waals surface area contributed by atoms with Crippen molar-refractivity contribution in [3.05, 3.63) is 72.3 Å². The number of rotatable bonds is 14. The van der Waals surface area contributed by atoms with Gasteiger partial charge in [0.15, 0.2) is 23.7 Å². The summed E-state index contributed by atoms with van der Waals surface area (Å²) < 4.78 is 54.0. The van der Waals surface area contributed by atoms with Crippen LogP contribution in [0.4, 0.5) is 4.79 Å². The van der Waals surface area contributed by atoms with E-state index in [0.717, 1.165) is 6.08 Å². The fourth-order valence-electron chi connectivity index (χ4n) is 5.43. The molecule has 0 aromatic heterocycles. The van der Waals surface area contributed by atoms with Gasteiger partial charge in [-0.15, -0.1) is 0 Å². The molecule has 2 aliphatic heterocycles. The van der Waals surface area contributed by atoms with Gasteiger partial charge in [0.25, 0.3) is 0 Å². The first-order valence-electron chi connectivity index (χ1n) is 15.9. The summed E-state index contributed by atoms with van der Waals surface area (Å²) in [4.78, 5) is 61.0. The minimum Gasteiger partial charge on any atom is -0.493 e. The van der Waals surface area contributed by atoms with Crippen LogP contribution in [0.15, 0.2) is 61.2 Å². The molecule has 5 rings (SSSR count). The molecule has 0 spiro atoms. The number of carbonyl (C=O) groups excluding carboxylic acids is 5. The zero-order valence-electron chi connectivity index (χ0n) is 28.1. The largest absolute Gasteiger partial charge is 0.513 e. The highest BCUT2D eigenvalue weighted by Crippen LogP contribution is 2.40. The topological polar surface area (TPSA) is 178 Å². The van der Waals surface area contributed by atoms with Gasteiger partial charge < -0.3 is 47.4 Å². The molecule has 270 valence electrons. The number of esters is 4. The lowest BCUT2D eigenvalue weighted by Crippen LogP contribution is -2.35. The molecular formula is C36H36O15. The Bertz CT molecular complexity index is 1780. The third-order valence-electron chi connectivity index (χ3n) is 7.85. The Balaban J connectivity index is 1.19. The molecule has 3 aromatic carbocycles. The number of carbonyl (C=O) groups is 5. The third-order valence-corrected chi connectivity index (χ3v) is 7.85. The van der Waals surface area contributed by atoms with Crippen LogP contribution in [0.1, 0.15) is 40.5 Å². The molecule has 0 N–H and O–H groups in total. The smallest absolute Gasteiger partial charge is 0.493 e. The van der Waals surface area contributed by atoms with Gasteiger partial charge in [-0.05, 0) is 60.0 Å². The molecule has 0 saturated carbocycles. The predicted molar refractivity (Wildman–Crippen MR) is 175 cm³/mol. The SMILES string of the molecule is C=CC(=O)OCCCCOC(=O)Oc1ccc2cc(C(=O)Oc3c(OC)cc(C(=O)O[C@@H]4COC5C4OC[C@H]5OC(C)=O)cc3OC)ccc2c1. The maximum absolute atomic E-state index is 13.3. The summed E-state index contributed by atoms with van der Waals surface area (Å²) in [5, 5.41) is 1.32. The quantitative estimate of drug-likeness (QED) is 0.0576. The summed E-state index contributed by atoms with van der Waals surface area (Å²) in [6.07, 6.45) is -1.36. The summed E-state index contributed by atoms with van der Waals surface area (Å²) in [6.45, 7) is 5.04. The van der Waals surface area contributed by atoms with Crippen LogP contribution in [-0.4, -0.2) is 95.1 Å². The van der Waals surface area contributed by atoms with E-state index in [2.05, 4.69) is 6.58 Å². The molecule has 2 aliphatic rings. The normalized spacial score (nSPS) is 19.0. The maximum Gasteiger partial charge on any atom is 0.513 e. The molecule has 0 aliphatic carbocycles. The Morgan fingerprint density at radius 3 is 1.98 bits per heavy atom. The van der Waals surface area contributed by atoms with Crippen LogP contribution in [0.3, 0.4) is 0 Å². The van der Waals surface area contributed by atoms with E-state index >= 15 is 0 Å². The van der Waals surface area contributed by atoms with E-state index in [0.29, 0.717) is 23.6 Å². The average Bonchev–Trinajstić information content (AvgIpc) is 3.71. The van der Waals surface area contributed by atoms with Crippen molar-refractivity contribution in [2.45, 2.75) is 44.2 Å². The van der Waals surface area contributed by atoms with Gasteiger partial charge in [0.05, 0.1) is 51.8 Å². The van der Waals surface area contributed by atoms with E-state index < -0.39 is 54.4 Å². The number of ether oxygens (including phenoxy) is 10. The molecule has 0 radical (unpaired) electrons. The Labute approximate surface area is 292 Å². The average molecular weight is 709 g/mol. The zero-order chi connectivity index (χ0) is 36.5. The lowest BCUT2D eigenvalue weighted by Gasteiger charge is -2.18. The fraction of sp³-hybridized carbons (Fsp3) is 0.361. The Hall–Kier alpha value is -5.67. The number of unbranched alkanes of at least 4 members (excludes halogenated alkanes) is 1. The van der Waals surface area contributed by atoms with Gasteiger partial charge in [0.1, 0.15) is 18.0 Å². The van der Waals surface area contributed by atoms with E-state index in [1.165, 1.54) is 39.3 Å². The molecule has 15 heteroatoms. The highest BCUT2D eigenvalue weighted by atomic mass is 16.7. The van der Waals surface area contributed by atoms with Gasteiger partial charge in [-0.25, -0.2) is 19.2 Å². The number of methoxy groups -OCH3 is 2. The third kappa shape index (κ3) is 9.12. The highest BCUT2D eigenvalue weighted by Gasteiger charge is 2.51. The van der Waals surface area contributed by atoms with Crippen LogP contribution in [-0.2, 0) is 38.0 Å². The van der Waals surface area contributed by atoms with Crippen LogP contribution in [0.5, 0.6) is 23.0 Å². The van der Waals surface area contributed by atoms with Crippen molar-refractivity contribution in [2.24, 2.45) is 0 Å². The highest BCUT2D eigenvalue weighted by molar-refractivity contribution is 5.98. The molecule has 2 saturated heterocycles. The number of hydrogen-bond donors (Lipinski definition) is 0. The van der Waals surface area contributed by atoms with E-state index in [9.17, 15) is 24.0 Å². The van der Waals surface area contributed by atoms with E-state index in [1.54, 1.807) is 30.3 Å². The minimum atomic E-state index is -0.891. The molecule has 3 aromatic rings. The molecule has 2 fully saturated rings. The number of benzene rings is 3. The Morgan fingerprint density at radius 2 is 1.35 bits per heavy atom. The molecule has 0 amide bonds. The second-order valence-corrected chi connectivity index (χ2v) is 11.3. The molecule has 15 nitrogen and oxygen atoms in total. The van der Waals surface area contributed by atoms with Gasteiger partial charge in [0, 0.05) is 13.0 Å². The van der Waals surface area contributed by atoms with Crippen molar-refractivity contribution >= 4 is 40.8 Å². The standard InChI is InChI=1S/C36H36O15/c1-5-30(38)44-12-6-7-13-45-36(41)49-25-11-10-21-14-23(9-8-22(21)15-25)34(39)51-31-26(42-3)16-24(17-27(31)43-4)35(40)50-29-19-47-32-28(48-20(2)37)18-46-33(29)32/h5,8-11,14-17,28-29,32-33H,1,6-7,12-13,18-19H2,2-4H3/t28-,29-,32?,33?/m1/s1. The first-order chi connectivity index (χ1) is 24.6. The van der Waals surface area contributed by atoms with Gasteiger partial charge >= 0.3 is 30.0 Å². The molecule has 4 atom stereocenters. The van der Waals surface area contributed by atoms with Gasteiger partial charge in [-0.3, -0.25) is 4.79 Å². The first-order valence-corrected chi connectivity index (χ1v) is 15.9. The summed E-state index contributed by atoms with van der Waals surface area (Å²) in [5.74, 6) is -2.20. The molecular weight excluding hydrogens is 672 g/mol. The van der Waals surface area contributed by atoms with Crippen LogP contribution in [0.2, 0.25) is 0 Å². The Kier molecular flexibility index (Phi) is 12.1. The van der Waals surface area contributed by atoms with Gasteiger partial charge in [-0.2, -0.15) is 0 Å². The predicted octanol–water partition coefficient (Wildman–Crippen LogP) is 4.36. The molecule has 2 unspecified atom stereocenters. The Morgan fingerprint density at radius 1 is 0.745 bits per heavy atom. The van der Waals surface area contributed by atoms with E-state index in [-0.39, 0.29) is 60.6 Å². The van der Waals surface area contributed by atoms with Crippen molar-refractivity contribution in [3.63, 3.8) is 0 Å². The van der Waals surface area contributed by atoms with Crippen LogP contribution < -0.4 is 18.9 Å². The second kappa shape index (κ2) is 16.8. The van der Waals surface area contributed by atoms with Crippen LogP contribution in [0.25, 0.3) is 10.8 Å². The fourth-order valence-corrected chi connectivity index (χ4v) is 5.43. The number of fused-ring (bicyclic) bond motifs is 2. The lowest BCUT2D eigenvalue weighted by molar-refractivity contribution is -0.151. The van der Waals surface area contributed by atoms with Gasteiger partial charge in [-0.1, -0.05) is 18.7 Å². The van der Waals surface area contributed by atoms with Gasteiger partial charge in [0.2, 0.25) is 5.75 Å². The first kappa shape index (κ1) is 36.6. The van der Waals surface area contributed by atoms with Crippen molar-refractivity contribution < 1.29 is 71.3 Å². The molecule has 51 heavy (non-hydrogen) atoms. The number of hydrogen-bond acceptors (Lipinski definition) is 15. The summed E-state index contributed by atoms with van der Waals surface area (Å²) >= 11 is 0. The monoisotopic (exact) mass is 708 g/mol. The van der Waals surface area contributed by atoms with Crippen molar-refractivity contribution in [3.8, 4) is 23.0 Å². The summed E-state index contributed by atoms with van der Waals surface area (Å²) in [6, 6.07) is 12.3. The summed E-state index contributed by atoms with van der Waals surface area (Å²) in [7, 11) is 2.68. The van der Waals surface area contributed by atoms with Crippen LogP contribution in [0, 0.1) is 0 Å². The molecule has 2 heterocycles. The zero-order valence-corrected chi connectivity index (χ0v) is 28.1. The van der Waals surface area contributed by atoms with Crippen LogP contribution >= 0.6 is 0 Å². The van der Waals surface area contributed by atoms with E-state index in [4.69, 9.17) is 47.4 Å². The minimum absolute atomic E-state index is 0.0350.